The second-order valence-corrected chi connectivity index (χ2v) is 4.23. The molecular formula is C8H6F3N5OS. The highest BCUT2D eigenvalue weighted by atomic mass is 32.2. The summed E-state index contributed by atoms with van der Waals surface area (Å²) >= 11 is 0.982. The summed E-state index contributed by atoms with van der Waals surface area (Å²) < 4.78 is 37.4. The maximum atomic E-state index is 12.5. The molecule has 0 fully saturated rings. The molecule has 0 amide bonds. The maximum absolute atomic E-state index is 12.5. The summed E-state index contributed by atoms with van der Waals surface area (Å²) in [4.78, 5) is 13.4. The maximum Gasteiger partial charge on any atom is 0.416 e. The van der Waals surface area contributed by atoms with Gasteiger partial charge in [0.05, 0.1) is 16.3 Å². The zero-order valence-electron chi connectivity index (χ0n) is 8.65. The number of hydrogen-bond acceptors (Lipinski definition) is 5. The largest absolute Gasteiger partial charge is 0.416 e. The van der Waals surface area contributed by atoms with E-state index in [4.69, 9.17) is 0 Å². The number of alkyl halides is 3. The molecule has 2 rings (SSSR count). The zero-order valence-corrected chi connectivity index (χ0v) is 9.47. The smallest absolute Gasteiger partial charge is 0.317 e. The van der Waals surface area contributed by atoms with Crippen LogP contribution in [-0.2, 0) is 11.9 Å². The first-order chi connectivity index (χ1) is 8.45. The fourth-order valence-corrected chi connectivity index (χ4v) is 1.94. The lowest BCUT2D eigenvalue weighted by Crippen LogP contribution is -2.13. The van der Waals surface area contributed by atoms with Gasteiger partial charge in [0.15, 0.2) is 5.82 Å². The average Bonchev–Trinajstić information content (AvgIpc) is 2.77. The fraction of sp³-hybridized carbons (Fsp3) is 0.250. The van der Waals surface area contributed by atoms with Crippen LogP contribution in [0.4, 0.5) is 13.2 Å². The molecule has 0 bridgehead atoms. The number of nitrogens with zero attached hydrogens (tertiary/aromatic N) is 3. The van der Waals surface area contributed by atoms with Crippen LogP contribution in [0.25, 0.3) is 0 Å². The minimum Gasteiger partial charge on any atom is -0.317 e. The van der Waals surface area contributed by atoms with Gasteiger partial charge in [-0.2, -0.15) is 18.4 Å². The van der Waals surface area contributed by atoms with Crippen LogP contribution in [0.15, 0.2) is 22.0 Å². The van der Waals surface area contributed by atoms with Crippen molar-refractivity contribution >= 4 is 11.8 Å². The molecule has 0 unspecified atom stereocenters. The molecule has 6 nitrogen and oxygen atoms in total. The van der Waals surface area contributed by atoms with Crippen LogP contribution < -0.4 is 5.56 Å². The van der Waals surface area contributed by atoms with Crippen LogP contribution in [-0.4, -0.2) is 25.6 Å². The van der Waals surface area contributed by atoms with Gasteiger partial charge in [0, 0.05) is 6.07 Å². The molecule has 0 atom stereocenters. The molecule has 18 heavy (non-hydrogen) atoms. The third-order valence-corrected chi connectivity index (χ3v) is 2.83. The second kappa shape index (κ2) is 4.80. The van der Waals surface area contributed by atoms with E-state index in [0.717, 1.165) is 17.8 Å². The molecule has 2 N–H and O–H groups in total. The monoisotopic (exact) mass is 277 g/mol. The Morgan fingerprint density at radius 3 is 2.72 bits per heavy atom. The number of thioether (sulfide) groups is 1. The summed E-state index contributed by atoms with van der Waals surface area (Å²) in [5.41, 5.74) is -1.79. The van der Waals surface area contributed by atoms with Crippen molar-refractivity contribution in [3.8, 4) is 0 Å². The van der Waals surface area contributed by atoms with Crippen LogP contribution >= 0.6 is 11.8 Å². The molecule has 0 spiro atoms. The van der Waals surface area contributed by atoms with Crippen molar-refractivity contribution in [3.63, 3.8) is 0 Å². The molecule has 0 radical (unpaired) electrons. The number of pyridine rings is 1. The molecule has 2 aromatic heterocycles. The highest BCUT2D eigenvalue weighted by molar-refractivity contribution is 7.98. The Bertz CT molecular complexity index is 579. The summed E-state index contributed by atoms with van der Waals surface area (Å²) in [6.45, 7) is 0. The molecular weight excluding hydrogens is 271 g/mol. The van der Waals surface area contributed by atoms with E-state index in [1.165, 1.54) is 0 Å². The van der Waals surface area contributed by atoms with Gasteiger partial charge >= 0.3 is 6.18 Å². The first kappa shape index (κ1) is 12.6. The molecule has 10 heteroatoms. The van der Waals surface area contributed by atoms with E-state index in [1.807, 2.05) is 0 Å². The van der Waals surface area contributed by atoms with Crippen LogP contribution in [0.1, 0.15) is 11.4 Å². The Kier molecular flexibility index (Phi) is 3.36. The van der Waals surface area contributed by atoms with E-state index < -0.39 is 17.3 Å². The zero-order chi connectivity index (χ0) is 13.2. The highest BCUT2D eigenvalue weighted by Crippen LogP contribution is 2.30. The van der Waals surface area contributed by atoms with Crippen LogP contribution in [0, 0.1) is 0 Å². The number of tetrazole rings is 1. The first-order valence-corrected chi connectivity index (χ1v) is 5.60. The van der Waals surface area contributed by atoms with Gasteiger partial charge in [-0.15, -0.1) is 22.0 Å². The number of hydrogen-bond donors (Lipinski definition) is 2. The normalized spacial score (nSPS) is 11.7. The van der Waals surface area contributed by atoms with Gasteiger partial charge in [-0.25, -0.2) is 0 Å². The topological polar surface area (TPSA) is 87.3 Å². The Hall–Kier alpha value is -1.84. The van der Waals surface area contributed by atoms with Crippen molar-refractivity contribution in [2.75, 3.05) is 0 Å². The Labute approximate surface area is 102 Å². The highest BCUT2D eigenvalue weighted by Gasteiger charge is 2.31. The van der Waals surface area contributed by atoms with Crippen LogP contribution in [0.2, 0.25) is 0 Å². The van der Waals surface area contributed by atoms with Gasteiger partial charge in [-0.05, 0) is 6.07 Å². The van der Waals surface area contributed by atoms with Gasteiger partial charge < -0.3 is 4.98 Å². The van der Waals surface area contributed by atoms with Crippen molar-refractivity contribution in [1.82, 2.24) is 25.6 Å². The molecule has 0 aliphatic heterocycles. The van der Waals surface area contributed by atoms with E-state index in [9.17, 15) is 18.0 Å². The molecule has 0 aliphatic rings. The Balaban J connectivity index is 2.18. The van der Waals surface area contributed by atoms with Crippen molar-refractivity contribution in [1.29, 1.82) is 0 Å². The van der Waals surface area contributed by atoms with Crippen molar-refractivity contribution in [2.45, 2.75) is 17.0 Å². The molecule has 0 aromatic carbocycles. The summed E-state index contributed by atoms with van der Waals surface area (Å²) in [7, 11) is 0. The summed E-state index contributed by atoms with van der Waals surface area (Å²) in [6.07, 6.45) is -4.55. The van der Waals surface area contributed by atoms with Crippen molar-refractivity contribution in [3.05, 3.63) is 33.9 Å². The number of nitrogens with one attached hydrogen (secondary N) is 2. The first-order valence-electron chi connectivity index (χ1n) is 4.62. The quantitative estimate of drug-likeness (QED) is 0.823. The molecule has 2 heterocycles. The van der Waals surface area contributed by atoms with Gasteiger partial charge in [0.1, 0.15) is 0 Å². The number of H-pyrrole nitrogens is 2. The van der Waals surface area contributed by atoms with E-state index in [0.29, 0.717) is 11.9 Å². The molecule has 96 valence electrons. The molecule has 0 saturated carbocycles. The van der Waals surface area contributed by atoms with Gasteiger partial charge in [0.25, 0.3) is 0 Å². The number of rotatable bonds is 3. The predicted octanol–water partition coefficient (Wildman–Crippen LogP) is 1.20. The van der Waals surface area contributed by atoms with E-state index in [2.05, 4.69) is 25.6 Å². The number of aromatic nitrogens is 5. The number of halogens is 3. The average molecular weight is 277 g/mol. The third-order valence-electron chi connectivity index (χ3n) is 1.89. The van der Waals surface area contributed by atoms with Crippen LogP contribution in [0.3, 0.4) is 0 Å². The molecule has 2 aromatic rings. The SMILES string of the molecule is O=c1cc(C(F)(F)F)cc(SCc2nn[nH]n2)[nH]1. The van der Waals surface area contributed by atoms with Gasteiger partial charge in [0.2, 0.25) is 5.56 Å². The predicted molar refractivity (Wildman–Crippen MR) is 55.8 cm³/mol. The van der Waals surface area contributed by atoms with Crippen molar-refractivity contribution in [2.24, 2.45) is 0 Å². The minimum atomic E-state index is -4.55. The number of aromatic amines is 2. The minimum absolute atomic E-state index is 0.0969. The Morgan fingerprint density at radius 2 is 2.11 bits per heavy atom. The summed E-state index contributed by atoms with van der Waals surface area (Å²) in [6, 6.07) is 1.38. The summed E-state index contributed by atoms with van der Waals surface area (Å²) in [5.74, 6) is 0.534. The third kappa shape index (κ3) is 3.09. The van der Waals surface area contributed by atoms with Crippen LogP contribution in [0.5, 0.6) is 0 Å². The van der Waals surface area contributed by atoms with E-state index in [-0.39, 0.29) is 10.8 Å². The van der Waals surface area contributed by atoms with E-state index in [1.54, 1.807) is 0 Å². The lowest BCUT2D eigenvalue weighted by atomic mass is 10.3. The molecule has 0 saturated heterocycles. The van der Waals surface area contributed by atoms with Crippen molar-refractivity contribution < 1.29 is 13.2 Å². The fourth-order valence-electron chi connectivity index (χ4n) is 1.15. The van der Waals surface area contributed by atoms with Gasteiger partial charge in [-0.3, -0.25) is 4.79 Å². The second-order valence-electron chi connectivity index (χ2n) is 3.21. The Morgan fingerprint density at radius 1 is 1.33 bits per heavy atom. The lowest BCUT2D eigenvalue weighted by Gasteiger charge is -2.07. The molecule has 0 aliphatic carbocycles. The summed E-state index contributed by atoms with van der Waals surface area (Å²) in [5, 5.41) is 12.9. The standard InChI is InChI=1S/C8H6F3N5OS/c9-8(10,11)4-1-6(17)12-7(2-4)18-3-5-13-15-16-14-5/h1-2H,3H2,(H,12,17)(H,13,14,15,16). The van der Waals surface area contributed by atoms with E-state index >= 15 is 0 Å². The lowest BCUT2D eigenvalue weighted by molar-refractivity contribution is -0.137. The van der Waals surface area contributed by atoms with Gasteiger partial charge in [-0.1, -0.05) is 5.21 Å².